The number of amides is 1. The van der Waals surface area contributed by atoms with Gasteiger partial charge >= 0.3 is 0 Å². The predicted octanol–water partition coefficient (Wildman–Crippen LogP) is 4.37. The molecule has 2 unspecified atom stereocenters. The van der Waals surface area contributed by atoms with Crippen LogP contribution >= 0.6 is 0 Å². The van der Waals surface area contributed by atoms with Crippen molar-refractivity contribution in [2.75, 3.05) is 31.6 Å². The minimum absolute atomic E-state index is 0.107. The van der Waals surface area contributed by atoms with E-state index in [1.807, 2.05) is 0 Å². The summed E-state index contributed by atoms with van der Waals surface area (Å²) in [6.45, 7) is 13.8. The first-order chi connectivity index (χ1) is 11.3. The van der Waals surface area contributed by atoms with Crippen molar-refractivity contribution in [1.29, 1.82) is 0 Å². The molecule has 1 aromatic rings. The Labute approximate surface area is 148 Å². The second-order valence-corrected chi connectivity index (χ2v) is 7.77. The first-order valence-electron chi connectivity index (χ1n) is 9.57. The number of carbonyl (C=O) groups excluding carboxylic acids is 1. The van der Waals surface area contributed by atoms with Crippen molar-refractivity contribution in [2.24, 2.45) is 0 Å². The third-order valence-electron chi connectivity index (χ3n) is 5.81. The van der Waals surface area contributed by atoms with E-state index in [-0.39, 0.29) is 6.04 Å². The fraction of sp³-hybridized carbons (Fsp3) is 0.667. The van der Waals surface area contributed by atoms with E-state index in [0.29, 0.717) is 5.91 Å². The summed E-state index contributed by atoms with van der Waals surface area (Å²) < 4.78 is 0.882. The summed E-state index contributed by atoms with van der Waals surface area (Å²) in [7, 11) is 2.27. The molecule has 2 atom stereocenters. The number of piperidine rings is 1. The van der Waals surface area contributed by atoms with Crippen molar-refractivity contribution >= 4 is 11.6 Å². The molecule has 0 saturated carbocycles. The van der Waals surface area contributed by atoms with Crippen LogP contribution < -0.4 is 4.90 Å². The number of rotatable bonds is 6. The fourth-order valence-electron chi connectivity index (χ4n) is 4.31. The standard InChI is InChI=1S/C21H35N2O/c1-7-9-13-23(6,8-2)19-11-10-12-22(21(19)24)20-17(4)14-16(3)15-18(20)5/h14-15,19H,7-13H2,1-6H3/q+1. The highest BCUT2D eigenvalue weighted by atomic mass is 16.2. The smallest absolute Gasteiger partial charge is 0.285 e. The topological polar surface area (TPSA) is 20.3 Å². The third kappa shape index (κ3) is 3.66. The van der Waals surface area contributed by atoms with Gasteiger partial charge in [0.25, 0.3) is 5.91 Å². The number of nitrogens with zero attached hydrogens (tertiary/aromatic N) is 2. The molecule has 0 spiro atoms. The Morgan fingerprint density at radius 3 is 2.33 bits per heavy atom. The van der Waals surface area contributed by atoms with E-state index in [2.05, 4.69) is 58.7 Å². The maximum absolute atomic E-state index is 13.4. The van der Waals surface area contributed by atoms with Crippen molar-refractivity contribution < 1.29 is 9.28 Å². The van der Waals surface area contributed by atoms with Gasteiger partial charge < -0.3 is 9.38 Å². The van der Waals surface area contributed by atoms with E-state index in [1.54, 1.807) is 0 Å². The maximum Gasteiger partial charge on any atom is 0.285 e. The van der Waals surface area contributed by atoms with Gasteiger partial charge in [0, 0.05) is 18.7 Å². The largest absolute Gasteiger partial charge is 0.316 e. The summed E-state index contributed by atoms with van der Waals surface area (Å²) in [5, 5.41) is 0. The van der Waals surface area contributed by atoms with Gasteiger partial charge in [-0.3, -0.25) is 4.79 Å². The Hall–Kier alpha value is -1.35. The molecule has 0 radical (unpaired) electrons. The molecule has 1 saturated heterocycles. The number of likely N-dealkylation sites (N-methyl/N-ethyl adjacent to an activating group) is 1. The molecular weight excluding hydrogens is 296 g/mol. The molecule has 1 aliphatic heterocycles. The van der Waals surface area contributed by atoms with Gasteiger partial charge in [0.1, 0.15) is 0 Å². The first kappa shape index (κ1) is 19.0. The zero-order valence-electron chi connectivity index (χ0n) is 16.5. The van der Waals surface area contributed by atoms with Crippen LogP contribution in [0.5, 0.6) is 0 Å². The van der Waals surface area contributed by atoms with Crippen LogP contribution in [0, 0.1) is 20.8 Å². The van der Waals surface area contributed by atoms with Gasteiger partial charge in [-0.15, -0.1) is 0 Å². The Morgan fingerprint density at radius 2 is 1.79 bits per heavy atom. The molecule has 1 heterocycles. The van der Waals surface area contributed by atoms with Gasteiger partial charge in [0.05, 0.1) is 20.1 Å². The molecule has 1 aliphatic rings. The number of carbonyl (C=O) groups is 1. The first-order valence-corrected chi connectivity index (χ1v) is 9.57. The van der Waals surface area contributed by atoms with Gasteiger partial charge in [-0.2, -0.15) is 0 Å². The highest BCUT2D eigenvalue weighted by molar-refractivity contribution is 5.98. The highest BCUT2D eigenvalue weighted by Crippen LogP contribution is 2.32. The molecule has 1 aromatic carbocycles. The van der Waals surface area contributed by atoms with Crippen molar-refractivity contribution in [3.05, 3.63) is 28.8 Å². The Morgan fingerprint density at radius 1 is 1.17 bits per heavy atom. The number of hydrogen-bond acceptors (Lipinski definition) is 1. The second kappa shape index (κ2) is 7.69. The molecule has 3 nitrogen and oxygen atoms in total. The zero-order valence-corrected chi connectivity index (χ0v) is 16.5. The summed E-state index contributed by atoms with van der Waals surface area (Å²) in [5.74, 6) is 0.330. The van der Waals surface area contributed by atoms with Crippen LogP contribution in [0.1, 0.15) is 56.2 Å². The molecule has 3 heteroatoms. The number of anilines is 1. The van der Waals surface area contributed by atoms with Crippen molar-refractivity contribution in [1.82, 2.24) is 0 Å². The van der Waals surface area contributed by atoms with Crippen LogP contribution in [-0.2, 0) is 4.79 Å². The Balaban J connectivity index is 2.34. The van der Waals surface area contributed by atoms with E-state index in [4.69, 9.17) is 0 Å². The lowest BCUT2D eigenvalue weighted by molar-refractivity contribution is -0.923. The molecule has 0 N–H and O–H groups in total. The molecule has 0 aliphatic carbocycles. The minimum Gasteiger partial charge on any atom is -0.316 e. The predicted molar refractivity (Wildman–Crippen MR) is 103 cm³/mol. The van der Waals surface area contributed by atoms with Gasteiger partial charge in [0.2, 0.25) is 0 Å². The monoisotopic (exact) mass is 331 g/mol. The lowest BCUT2D eigenvalue weighted by Crippen LogP contribution is -2.62. The molecule has 0 aromatic heterocycles. The molecule has 24 heavy (non-hydrogen) atoms. The molecule has 1 fully saturated rings. The van der Waals surface area contributed by atoms with Gasteiger partial charge in [-0.1, -0.05) is 31.0 Å². The minimum atomic E-state index is 0.107. The summed E-state index contributed by atoms with van der Waals surface area (Å²) in [4.78, 5) is 15.5. The normalized spacial score (nSPS) is 21.0. The van der Waals surface area contributed by atoms with E-state index in [0.717, 1.165) is 42.6 Å². The number of aryl methyl sites for hydroxylation is 3. The molecule has 0 bridgehead atoms. The maximum atomic E-state index is 13.4. The van der Waals surface area contributed by atoms with E-state index in [9.17, 15) is 4.79 Å². The lowest BCUT2D eigenvalue weighted by atomic mass is 9.96. The Kier molecular flexibility index (Phi) is 6.08. The van der Waals surface area contributed by atoms with Gasteiger partial charge in [-0.05, 0) is 51.7 Å². The van der Waals surface area contributed by atoms with Crippen molar-refractivity contribution in [3.63, 3.8) is 0 Å². The van der Waals surface area contributed by atoms with E-state index in [1.165, 1.54) is 29.5 Å². The van der Waals surface area contributed by atoms with Crippen LogP contribution in [0.15, 0.2) is 12.1 Å². The van der Waals surface area contributed by atoms with Gasteiger partial charge in [0.15, 0.2) is 6.04 Å². The number of unbranched alkanes of at least 4 members (excludes halogenated alkanes) is 1. The summed E-state index contributed by atoms with van der Waals surface area (Å²) in [6.07, 6.45) is 4.50. The zero-order chi connectivity index (χ0) is 17.9. The third-order valence-corrected chi connectivity index (χ3v) is 5.81. The summed E-state index contributed by atoms with van der Waals surface area (Å²) in [5.41, 5.74) is 4.86. The average Bonchev–Trinajstić information content (AvgIpc) is 2.53. The fourth-order valence-corrected chi connectivity index (χ4v) is 4.31. The molecular formula is C21H35N2O+. The van der Waals surface area contributed by atoms with Gasteiger partial charge in [-0.25, -0.2) is 0 Å². The molecule has 2 rings (SSSR count). The van der Waals surface area contributed by atoms with Crippen LogP contribution in [0.3, 0.4) is 0 Å². The quantitative estimate of drug-likeness (QED) is 0.709. The second-order valence-electron chi connectivity index (χ2n) is 7.77. The SMILES string of the molecule is CCCC[N+](C)(CC)C1CCCN(c2c(C)cc(C)cc2C)C1=O. The van der Waals surface area contributed by atoms with E-state index >= 15 is 0 Å². The van der Waals surface area contributed by atoms with Crippen molar-refractivity contribution in [3.8, 4) is 0 Å². The van der Waals surface area contributed by atoms with Crippen LogP contribution in [0.25, 0.3) is 0 Å². The molecule has 1 amide bonds. The summed E-state index contributed by atoms with van der Waals surface area (Å²) >= 11 is 0. The number of benzene rings is 1. The lowest BCUT2D eigenvalue weighted by Gasteiger charge is -2.45. The number of hydrogen-bond donors (Lipinski definition) is 0. The van der Waals surface area contributed by atoms with Crippen LogP contribution in [0.4, 0.5) is 5.69 Å². The van der Waals surface area contributed by atoms with Crippen molar-refractivity contribution in [2.45, 2.75) is 66.3 Å². The summed E-state index contributed by atoms with van der Waals surface area (Å²) in [6, 6.07) is 4.50. The average molecular weight is 332 g/mol. The van der Waals surface area contributed by atoms with Crippen LogP contribution in [-0.4, -0.2) is 43.1 Å². The van der Waals surface area contributed by atoms with Crippen LogP contribution in [0.2, 0.25) is 0 Å². The Bertz CT molecular complexity index is 572. The number of quaternary nitrogens is 1. The highest BCUT2D eigenvalue weighted by Gasteiger charge is 2.42. The molecule has 134 valence electrons. The van der Waals surface area contributed by atoms with E-state index < -0.39 is 0 Å².